The molecule has 0 aliphatic heterocycles. The fraction of sp³-hybridized carbons (Fsp3) is 0.368. The monoisotopic (exact) mass is 344 g/mol. The number of amides is 1. The highest BCUT2D eigenvalue weighted by Crippen LogP contribution is 2.20. The third-order valence-electron chi connectivity index (χ3n) is 3.32. The maximum absolute atomic E-state index is 12.1. The van der Waals surface area contributed by atoms with Gasteiger partial charge in [-0.2, -0.15) is 0 Å². The molecule has 0 bridgehead atoms. The molecular weight excluding hydrogens is 320 g/mol. The summed E-state index contributed by atoms with van der Waals surface area (Å²) in [5.41, 5.74) is 2.03. The fourth-order valence-electron chi connectivity index (χ4n) is 2.23. The molecule has 1 aromatic carbocycles. The summed E-state index contributed by atoms with van der Waals surface area (Å²) in [4.78, 5) is 16.3. The second-order valence-electron chi connectivity index (χ2n) is 5.84. The van der Waals surface area contributed by atoms with Crippen molar-refractivity contribution in [2.24, 2.45) is 0 Å². The van der Waals surface area contributed by atoms with Gasteiger partial charge in [0.15, 0.2) is 0 Å². The van der Waals surface area contributed by atoms with Gasteiger partial charge in [-0.25, -0.2) is 0 Å². The highest BCUT2D eigenvalue weighted by molar-refractivity contribution is 7.99. The van der Waals surface area contributed by atoms with Crippen LogP contribution in [0.25, 0.3) is 0 Å². The van der Waals surface area contributed by atoms with Gasteiger partial charge in [0.25, 0.3) is 0 Å². The average molecular weight is 344 g/mol. The highest BCUT2D eigenvalue weighted by Gasteiger charge is 2.11. The molecule has 128 valence electrons. The van der Waals surface area contributed by atoms with Crippen LogP contribution in [0.4, 0.5) is 0 Å². The number of ether oxygens (including phenoxy) is 1. The molecule has 2 rings (SSSR count). The van der Waals surface area contributed by atoms with Gasteiger partial charge in [-0.1, -0.05) is 18.2 Å². The molecule has 0 fully saturated rings. The van der Waals surface area contributed by atoms with Crippen molar-refractivity contribution in [3.05, 3.63) is 59.9 Å². The quantitative estimate of drug-likeness (QED) is 0.787. The summed E-state index contributed by atoms with van der Waals surface area (Å²) in [5.74, 6) is 2.01. The Morgan fingerprint density at radius 3 is 2.75 bits per heavy atom. The number of carbonyl (C=O) groups is 1. The number of carbonyl (C=O) groups excluding carboxylic acids is 1. The van der Waals surface area contributed by atoms with Crippen LogP contribution in [0.5, 0.6) is 5.75 Å². The van der Waals surface area contributed by atoms with E-state index in [4.69, 9.17) is 4.74 Å². The van der Waals surface area contributed by atoms with Crippen LogP contribution >= 0.6 is 11.8 Å². The van der Waals surface area contributed by atoms with E-state index in [-0.39, 0.29) is 18.1 Å². The minimum atomic E-state index is -0.0522. The van der Waals surface area contributed by atoms with Crippen LogP contribution in [-0.2, 0) is 10.5 Å². The number of nitrogens with zero attached hydrogens (tertiary/aromatic N) is 1. The highest BCUT2D eigenvalue weighted by atomic mass is 32.2. The lowest BCUT2D eigenvalue weighted by molar-refractivity contribution is -0.119. The van der Waals surface area contributed by atoms with Gasteiger partial charge in [-0.3, -0.25) is 9.78 Å². The van der Waals surface area contributed by atoms with E-state index in [2.05, 4.69) is 10.3 Å². The Kier molecular flexibility index (Phi) is 7.12. The molecule has 1 amide bonds. The molecule has 1 aromatic heterocycles. The molecule has 0 aliphatic carbocycles. The first kappa shape index (κ1) is 18.3. The van der Waals surface area contributed by atoms with Crippen molar-refractivity contribution < 1.29 is 9.53 Å². The van der Waals surface area contributed by atoms with E-state index in [0.717, 1.165) is 22.8 Å². The minimum Gasteiger partial charge on any atom is -0.491 e. The van der Waals surface area contributed by atoms with Crippen LogP contribution in [0.1, 0.15) is 38.1 Å². The summed E-state index contributed by atoms with van der Waals surface area (Å²) in [6.45, 7) is 5.98. The molecule has 4 nitrogen and oxygen atoms in total. The molecule has 1 heterocycles. The molecular formula is C19H24N2O2S. The van der Waals surface area contributed by atoms with Crippen molar-refractivity contribution >= 4 is 17.7 Å². The number of nitrogens with one attached hydrogen (secondary N) is 1. The van der Waals surface area contributed by atoms with Crippen LogP contribution in [0.3, 0.4) is 0 Å². The molecule has 1 N–H and O–H groups in total. The molecule has 0 aliphatic rings. The largest absolute Gasteiger partial charge is 0.491 e. The van der Waals surface area contributed by atoms with Crippen molar-refractivity contribution in [1.82, 2.24) is 10.3 Å². The van der Waals surface area contributed by atoms with Crippen molar-refractivity contribution in [3.63, 3.8) is 0 Å². The molecule has 0 spiro atoms. The standard InChI is InChI=1S/C19H24N2O2S/c1-14(2)23-18-9-6-7-16(11-18)15(3)21-19(22)13-24-12-17-8-4-5-10-20-17/h4-11,14-15H,12-13H2,1-3H3,(H,21,22)/t15-/m0/s1. The summed E-state index contributed by atoms with van der Waals surface area (Å²) in [7, 11) is 0. The van der Waals surface area contributed by atoms with Crippen LogP contribution in [0, 0.1) is 0 Å². The van der Waals surface area contributed by atoms with Gasteiger partial charge in [-0.15, -0.1) is 11.8 Å². The second kappa shape index (κ2) is 9.33. The van der Waals surface area contributed by atoms with Gasteiger partial charge in [0, 0.05) is 11.9 Å². The predicted molar refractivity (Wildman–Crippen MR) is 99.2 cm³/mol. The lowest BCUT2D eigenvalue weighted by atomic mass is 10.1. The average Bonchev–Trinajstić information content (AvgIpc) is 2.55. The molecule has 0 radical (unpaired) electrons. The normalized spacial score (nSPS) is 12.0. The zero-order chi connectivity index (χ0) is 17.4. The first-order chi connectivity index (χ1) is 11.5. The summed E-state index contributed by atoms with van der Waals surface area (Å²) < 4.78 is 5.70. The summed E-state index contributed by atoms with van der Waals surface area (Å²) in [5, 5.41) is 3.03. The maximum atomic E-state index is 12.1. The molecule has 1 atom stereocenters. The molecule has 2 aromatic rings. The first-order valence-corrected chi connectivity index (χ1v) is 9.23. The second-order valence-corrected chi connectivity index (χ2v) is 6.83. The van der Waals surface area contributed by atoms with Crippen LogP contribution in [0.15, 0.2) is 48.7 Å². The lowest BCUT2D eigenvalue weighted by Gasteiger charge is -2.16. The third kappa shape index (κ3) is 6.24. The molecule has 0 unspecified atom stereocenters. The van der Waals surface area contributed by atoms with Crippen molar-refractivity contribution in [2.75, 3.05) is 5.75 Å². The van der Waals surface area contributed by atoms with E-state index in [1.54, 1.807) is 18.0 Å². The van der Waals surface area contributed by atoms with Gasteiger partial charge in [0.2, 0.25) is 5.91 Å². The van der Waals surface area contributed by atoms with E-state index < -0.39 is 0 Å². The van der Waals surface area contributed by atoms with Crippen LogP contribution in [-0.4, -0.2) is 22.7 Å². The van der Waals surface area contributed by atoms with Gasteiger partial charge < -0.3 is 10.1 Å². The smallest absolute Gasteiger partial charge is 0.230 e. The number of hydrogen-bond donors (Lipinski definition) is 1. The maximum Gasteiger partial charge on any atom is 0.230 e. The molecule has 0 saturated heterocycles. The third-order valence-corrected chi connectivity index (χ3v) is 4.28. The van der Waals surface area contributed by atoms with Crippen LogP contribution in [0.2, 0.25) is 0 Å². The summed E-state index contributed by atoms with van der Waals surface area (Å²) in [6, 6.07) is 13.6. The van der Waals surface area contributed by atoms with Gasteiger partial charge in [0.1, 0.15) is 5.75 Å². The molecule has 5 heteroatoms. The Hall–Kier alpha value is -2.01. The van der Waals surface area contributed by atoms with Gasteiger partial charge in [-0.05, 0) is 50.6 Å². The van der Waals surface area contributed by atoms with E-state index in [9.17, 15) is 4.79 Å². The van der Waals surface area contributed by atoms with Crippen LogP contribution < -0.4 is 10.1 Å². The van der Waals surface area contributed by atoms with E-state index in [1.165, 1.54) is 0 Å². The van der Waals surface area contributed by atoms with Gasteiger partial charge >= 0.3 is 0 Å². The van der Waals surface area contributed by atoms with Crippen molar-refractivity contribution in [1.29, 1.82) is 0 Å². The SMILES string of the molecule is CC(C)Oc1cccc([C@H](C)NC(=O)CSCc2ccccn2)c1. The van der Waals surface area contributed by atoms with Crippen molar-refractivity contribution in [2.45, 2.75) is 38.7 Å². The number of hydrogen-bond acceptors (Lipinski definition) is 4. The number of benzene rings is 1. The van der Waals surface area contributed by atoms with E-state index >= 15 is 0 Å². The Bertz CT molecular complexity index is 647. The molecule has 0 saturated carbocycles. The van der Waals surface area contributed by atoms with E-state index in [0.29, 0.717) is 5.75 Å². The zero-order valence-corrected chi connectivity index (χ0v) is 15.2. The minimum absolute atomic E-state index is 0.0265. The Morgan fingerprint density at radius 1 is 1.21 bits per heavy atom. The number of rotatable bonds is 8. The number of pyridine rings is 1. The van der Waals surface area contributed by atoms with E-state index in [1.807, 2.05) is 63.2 Å². The number of thioether (sulfide) groups is 1. The zero-order valence-electron chi connectivity index (χ0n) is 14.4. The predicted octanol–water partition coefficient (Wildman–Crippen LogP) is 3.98. The first-order valence-electron chi connectivity index (χ1n) is 8.08. The van der Waals surface area contributed by atoms with Crippen molar-refractivity contribution in [3.8, 4) is 5.75 Å². The number of aromatic nitrogens is 1. The Morgan fingerprint density at radius 2 is 2.04 bits per heavy atom. The summed E-state index contributed by atoms with van der Waals surface area (Å²) in [6.07, 6.45) is 1.90. The summed E-state index contributed by atoms with van der Waals surface area (Å²) >= 11 is 1.56. The Labute approximate surface area is 148 Å². The fourth-order valence-corrected chi connectivity index (χ4v) is 2.98. The lowest BCUT2D eigenvalue weighted by Crippen LogP contribution is -2.28. The Balaban J connectivity index is 1.80. The van der Waals surface area contributed by atoms with Gasteiger partial charge in [0.05, 0.1) is 23.6 Å². The molecule has 24 heavy (non-hydrogen) atoms. The topological polar surface area (TPSA) is 51.2 Å².